The zero-order valence-corrected chi connectivity index (χ0v) is 15.0. The van der Waals surface area contributed by atoms with E-state index in [0.717, 1.165) is 22.2 Å². The van der Waals surface area contributed by atoms with Crippen molar-refractivity contribution in [1.82, 2.24) is 0 Å². The van der Waals surface area contributed by atoms with Crippen LogP contribution >= 0.6 is 0 Å². The van der Waals surface area contributed by atoms with Crippen molar-refractivity contribution in [3.05, 3.63) is 29.3 Å². The molecule has 4 heteroatoms. The third-order valence-corrected chi connectivity index (χ3v) is 3.49. The average Bonchev–Trinajstić information content (AvgIpc) is 2.36. The third kappa shape index (κ3) is 5.68. The first-order valence-electron chi connectivity index (χ1n) is 7.89. The van der Waals surface area contributed by atoms with E-state index in [0.29, 0.717) is 12.4 Å². The molecule has 124 valence electrons. The van der Waals surface area contributed by atoms with Gasteiger partial charge in [-0.3, -0.25) is 0 Å². The Hall–Kier alpha value is -1.55. The average molecular weight is 308 g/mol. The summed E-state index contributed by atoms with van der Waals surface area (Å²) >= 11 is 0. The van der Waals surface area contributed by atoms with E-state index in [-0.39, 0.29) is 11.8 Å². The SMILES string of the molecule is CC(C)c1cccc(C(C)C)c1OC(=O)OCC[N+](C)(C)C. The van der Waals surface area contributed by atoms with Crippen LogP contribution < -0.4 is 4.74 Å². The maximum atomic E-state index is 12.0. The molecule has 0 saturated heterocycles. The number of carbonyl (C=O) groups excluding carboxylic acids is 1. The quantitative estimate of drug-likeness (QED) is 0.450. The van der Waals surface area contributed by atoms with Gasteiger partial charge in [0, 0.05) is 0 Å². The lowest BCUT2D eigenvalue weighted by atomic mass is 9.94. The molecule has 0 fully saturated rings. The number of para-hydroxylation sites is 1. The van der Waals surface area contributed by atoms with Crippen molar-refractivity contribution in [1.29, 1.82) is 0 Å². The second kappa shape index (κ2) is 7.63. The minimum absolute atomic E-state index is 0.285. The van der Waals surface area contributed by atoms with Crippen LogP contribution in [0.15, 0.2) is 18.2 Å². The summed E-state index contributed by atoms with van der Waals surface area (Å²) in [6.07, 6.45) is -0.622. The van der Waals surface area contributed by atoms with Crippen LogP contribution in [0.3, 0.4) is 0 Å². The largest absolute Gasteiger partial charge is 0.514 e. The predicted octanol–water partition coefficient (Wildman–Crippen LogP) is 4.16. The second-order valence-corrected chi connectivity index (χ2v) is 7.29. The zero-order valence-electron chi connectivity index (χ0n) is 15.0. The molecule has 0 heterocycles. The summed E-state index contributed by atoms with van der Waals surface area (Å²) < 4.78 is 11.5. The van der Waals surface area contributed by atoms with E-state index < -0.39 is 6.16 Å². The van der Waals surface area contributed by atoms with Crippen LogP contribution in [0.1, 0.15) is 50.7 Å². The Labute approximate surface area is 134 Å². The van der Waals surface area contributed by atoms with Crippen molar-refractivity contribution in [2.24, 2.45) is 0 Å². The molecule has 0 radical (unpaired) electrons. The van der Waals surface area contributed by atoms with E-state index in [1.54, 1.807) is 0 Å². The molecule has 0 aliphatic rings. The van der Waals surface area contributed by atoms with Gasteiger partial charge in [0.2, 0.25) is 0 Å². The minimum atomic E-state index is -0.622. The number of benzene rings is 1. The standard InChI is InChI=1S/C18H30NO3/c1-13(2)15-9-8-10-16(14(3)4)17(15)22-18(20)21-12-11-19(5,6)7/h8-10,13-14H,11-12H2,1-7H3/q+1. The van der Waals surface area contributed by atoms with Gasteiger partial charge in [0.1, 0.15) is 18.9 Å². The smallest absolute Gasteiger partial charge is 0.428 e. The van der Waals surface area contributed by atoms with E-state index in [2.05, 4.69) is 48.8 Å². The topological polar surface area (TPSA) is 35.5 Å². The van der Waals surface area contributed by atoms with E-state index in [4.69, 9.17) is 9.47 Å². The molecular formula is C18H30NO3+. The van der Waals surface area contributed by atoms with Crippen LogP contribution in [-0.2, 0) is 4.74 Å². The fourth-order valence-electron chi connectivity index (χ4n) is 2.12. The molecule has 0 bridgehead atoms. The van der Waals surface area contributed by atoms with Gasteiger partial charge >= 0.3 is 6.16 Å². The zero-order chi connectivity index (χ0) is 16.9. The lowest BCUT2D eigenvalue weighted by Gasteiger charge is -2.23. The molecule has 0 N–H and O–H groups in total. The monoisotopic (exact) mass is 308 g/mol. The van der Waals surface area contributed by atoms with Gasteiger partial charge in [-0.15, -0.1) is 0 Å². The van der Waals surface area contributed by atoms with Crippen molar-refractivity contribution in [2.45, 2.75) is 39.5 Å². The lowest BCUT2D eigenvalue weighted by Crippen LogP contribution is -2.38. The first kappa shape index (κ1) is 18.5. The minimum Gasteiger partial charge on any atom is -0.428 e. The second-order valence-electron chi connectivity index (χ2n) is 7.29. The number of nitrogens with zero attached hydrogens (tertiary/aromatic N) is 1. The van der Waals surface area contributed by atoms with Crippen molar-refractivity contribution >= 4 is 6.16 Å². The Morgan fingerprint density at radius 3 is 1.95 bits per heavy atom. The fourth-order valence-corrected chi connectivity index (χ4v) is 2.12. The lowest BCUT2D eigenvalue weighted by molar-refractivity contribution is -0.870. The number of hydrogen-bond acceptors (Lipinski definition) is 3. The van der Waals surface area contributed by atoms with E-state index in [1.165, 1.54) is 0 Å². The highest BCUT2D eigenvalue weighted by Gasteiger charge is 2.19. The first-order valence-corrected chi connectivity index (χ1v) is 7.89. The van der Waals surface area contributed by atoms with Gasteiger partial charge in [-0.25, -0.2) is 4.79 Å². The molecular weight excluding hydrogens is 278 g/mol. The molecule has 0 spiro atoms. The van der Waals surface area contributed by atoms with Crippen molar-refractivity contribution in [3.8, 4) is 5.75 Å². The Morgan fingerprint density at radius 1 is 1.05 bits per heavy atom. The summed E-state index contributed by atoms with van der Waals surface area (Å²) in [5.41, 5.74) is 2.07. The number of carbonyl (C=O) groups is 1. The van der Waals surface area contributed by atoms with Gasteiger partial charge in [0.15, 0.2) is 0 Å². The summed E-state index contributed by atoms with van der Waals surface area (Å²) in [7, 11) is 6.17. The molecule has 0 amide bonds. The highest BCUT2D eigenvalue weighted by molar-refractivity contribution is 5.66. The molecule has 0 unspecified atom stereocenters. The first-order chi connectivity index (χ1) is 10.1. The van der Waals surface area contributed by atoms with Gasteiger partial charge in [-0.2, -0.15) is 0 Å². The van der Waals surface area contributed by atoms with E-state index >= 15 is 0 Å². The van der Waals surface area contributed by atoms with Crippen molar-refractivity contribution in [3.63, 3.8) is 0 Å². The molecule has 1 rings (SSSR count). The van der Waals surface area contributed by atoms with Gasteiger partial charge in [0.05, 0.1) is 21.1 Å². The summed E-state index contributed by atoms with van der Waals surface area (Å²) in [5, 5.41) is 0. The molecule has 1 aromatic carbocycles. The Balaban J connectivity index is 2.85. The van der Waals surface area contributed by atoms with E-state index in [9.17, 15) is 4.79 Å². The van der Waals surface area contributed by atoms with Gasteiger partial charge in [0.25, 0.3) is 0 Å². The predicted molar refractivity (Wildman–Crippen MR) is 89.5 cm³/mol. The summed E-state index contributed by atoms with van der Waals surface area (Å²) in [6, 6.07) is 6.02. The highest BCUT2D eigenvalue weighted by atomic mass is 16.7. The Morgan fingerprint density at radius 2 is 1.55 bits per heavy atom. The van der Waals surface area contributed by atoms with Crippen LogP contribution in [0.2, 0.25) is 0 Å². The maximum absolute atomic E-state index is 12.0. The van der Waals surface area contributed by atoms with Gasteiger partial charge in [-0.1, -0.05) is 45.9 Å². The van der Waals surface area contributed by atoms with Crippen molar-refractivity contribution < 1.29 is 18.8 Å². The molecule has 1 aromatic rings. The summed E-state index contributed by atoms with van der Waals surface area (Å²) in [6.45, 7) is 9.47. The van der Waals surface area contributed by atoms with Crippen LogP contribution in [0.25, 0.3) is 0 Å². The fraction of sp³-hybridized carbons (Fsp3) is 0.611. The molecule has 0 aliphatic heterocycles. The van der Waals surface area contributed by atoms with Gasteiger partial charge in [-0.05, 0) is 23.0 Å². The number of ether oxygens (including phenoxy) is 2. The molecule has 0 aliphatic carbocycles. The van der Waals surface area contributed by atoms with Crippen LogP contribution in [-0.4, -0.2) is 44.9 Å². The highest BCUT2D eigenvalue weighted by Crippen LogP contribution is 2.34. The number of hydrogen-bond donors (Lipinski definition) is 0. The molecule has 0 aromatic heterocycles. The maximum Gasteiger partial charge on any atom is 0.514 e. The molecule has 0 saturated carbocycles. The van der Waals surface area contributed by atoms with Crippen LogP contribution in [0.4, 0.5) is 4.79 Å². The molecule has 22 heavy (non-hydrogen) atoms. The molecule has 4 nitrogen and oxygen atoms in total. The Bertz CT molecular complexity index is 475. The van der Waals surface area contributed by atoms with Gasteiger partial charge < -0.3 is 14.0 Å². The number of likely N-dealkylation sites (N-methyl/N-ethyl adjacent to an activating group) is 1. The molecule has 0 atom stereocenters. The van der Waals surface area contributed by atoms with Crippen LogP contribution in [0.5, 0.6) is 5.75 Å². The third-order valence-electron chi connectivity index (χ3n) is 3.49. The van der Waals surface area contributed by atoms with Crippen molar-refractivity contribution in [2.75, 3.05) is 34.3 Å². The van der Waals surface area contributed by atoms with E-state index in [1.807, 2.05) is 18.2 Å². The summed E-state index contributed by atoms with van der Waals surface area (Å²) in [4.78, 5) is 12.0. The number of rotatable bonds is 6. The Kier molecular flexibility index (Phi) is 6.42. The normalized spacial score (nSPS) is 11.9. The van der Waals surface area contributed by atoms with Crippen LogP contribution in [0, 0.1) is 0 Å². The number of quaternary nitrogens is 1. The summed E-state index contributed by atoms with van der Waals surface area (Å²) in [5.74, 6) is 1.23.